The standard InChI is InChI=1S/C2H5.CH2O3.Ru/c1-2;2-1(3)4;/h1H2,2H3;(H2,2,3,4);/q-1;;+3/p-2. The molecule has 0 heterocycles. The van der Waals surface area contributed by atoms with Crippen molar-refractivity contribution in [2.45, 2.75) is 6.92 Å². The van der Waals surface area contributed by atoms with Crippen LogP contribution in [0.3, 0.4) is 0 Å². The third kappa shape index (κ3) is 7860. The number of carboxylic acid groups (broad SMARTS) is 2. The zero-order chi connectivity index (χ0) is 5.58. The second-order valence-electron chi connectivity index (χ2n) is 0.250. The van der Waals surface area contributed by atoms with Gasteiger partial charge in [0.2, 0.25) is 0 Å². The van der Waals surface area contributed by atoms with E-state index in [-0.39, 0.29) is 19.5 Å². The molecule has 0 atom stereocenters. The number of hydrogen-bond acceptors (Lipinski definition) is 3. The minimum Gasteiger partial charge on any atom is -0.652 e. The fourth-order valence-electron chi connectivity index (χ4n) is 0. The van der Waals surface area contributed by atoms with Crippen LogP contribution in [0, 0.1) is 6.92 Å². The molecule has 0 saturated carbocycles. The average Bonchev–Trinajstić information content (AvgIpc) is 1.41. The molecule has 4 heteroatoms. The molecule has 0 rings (SSSR count). The van der Waals surface area contributed by atoms with E-state index in [1.165, 1.54) is 0 Å². The predicted octanol–water partition coefficient (Wildman–Crippen LogP) is -1.61. The molecule has 0 aliphatic carbocycles. The minimum absolute atomic E-state index is 0. The van der Waals surface area contributed by atoms with Gasteiger partial charge in [0.1, 0.15) is 0 Å². The molecular formula is C3H5O3Ru. The van der Waals surface area contributed by atoms with Gasteiger partial charge in [-0.1, -0.05) is 0 Å². The molecular weight excluding hydrogens is 185 g/mol. The summed E-state index contributed by atoms with van der Waals surface area (Å²) in [5, 5.41) is 16.7. The second kappa shape index (κ2) is 16.9. The molecule has 0 saturated heterocycles. The van der Waals surface area contributed by atoms with Crippen molar-refractivity contribution in [1.82, 2.24) is 0 Å². The van der Waals surface area contributed by atoms with Crippen LogP contribution in [0.1, 0.15) is 6.92 Å². The molecule has 7 heavy (non-hydrogen) atoms. The Morgan fingerprint density at radius 3 is 1.43 bits per heavy atom. The molecule has 0 fully saturated rings. The van der Waals surface area contributed by atoms with Gasteiger partial charge in [0.25, 0.3) is 0 Å². The first-order valence-electron chi connectivity index (χ1n) is 1.32. The van der Waals surface area contributed by atoms with Gasteiger partial charge in [-0.25, -0.2) is 0 Å². The maximum Gasteiger partial charge on any atom is 3.00 e. The zero-order valence-corrected chi connectivity index (χ0v) is 5.52. The fraction of sp³-hybridized carbons (Fsp3) is 0.333. The van der Waals surface area contributed by atoms with Gasteiger partial charge in [0, 0.05) is 0 Å². The van der Waals surface area contributed by atoms with Crippen molar-refractivity contribution < 1.29 is 34.5 Å². The van der Waals surface area contributed by atoms with Crippen LogP contribution in [0.15, 0.2) is 0 Å². The molecule has 3 nitrogen and oxygen atoms in total. The molecule has 0 aliphatic heterocycles. The molecule has 0 aromatic carbocycles. The Morgan fingerprint density at radius 1 is 1.43 bits per heavy atom. The van der Waals surface area contributed by atoms with Crippen molar-refractivity contribution in [3.8, 4) is 0 Å². The summed E-state index contributed by atoms with van der Waals surface area (Å²) in [6.07, 6.45) is -2.33. The van der Waals surface area contributed by atoms with Crippen LogP contribution in [0.25, 0.3) is 0 Å². The summed E-state index contributed by atoms with van der Waals surface area (Å²) in [4.78, 5) is 8.33. The van der Waals surface area contributed by atoms with Crippen LogP contribution in [-0.4, -0.2) is 6.16 Å². The Bertz CT molecular complexity index is 33.2. The van der Waals surface area contributed by atoms with Crippen LogP contribution in [-0.2, 0) is 19.5 Å². The second-order valence-corrected chi connectivity index (χ2v) is 0.250. The summed E-state index contributed by atoms with van der Waals surface area (Å²) in [5.74, 6) is 0. The summed E-state index contributed by atoms with van der Waals surface area (Å²) in [6.45, 7) is 5.00. The van der Waals surface area contributed by atoms with E-state index in [1.807, 2.05) is 0 Å². The topological polar surface area (TPSA) is 63.2 Å². The number of carbonyl (C=O) groups is 1. The Labute approximate surface area is 55.1 Å². The molecule has 0 bridgehead atoms. The van der Waals surface area contributed by atoms with Crippen molar-refractivity contribution in [1.29, 1.82) is 0 Å². The van der Waals surface area contributed by atoms with E-state index in [2.05, 4.69) is 6.92 Å². The fourth-order valence-corrected chi connectivity index (χ4v) is 0. The van der Waals surface area contributed by atoms with Gasteiger partial charge in [0.15, 0.2) is 0 Å². The molecule has 0 aliphatic rings. The number of carbonyl (C=O) groups excluding carboxylic acids is 1. The Hall–Kier alpha value is -0.107. The van der Waals surface area contributed by atoms with Crippen molar-refractivity contribution in [2.24, 2.45) is 0 Å². The summed E-state index contributed by atoms with van der Waals surface area (Å²) in [7, 11) is 0. The summed E-state index contributed by atoms with van der Waals surface area (Å²) in [5.41, 5.74) is 0. The average molecular weight is 190 g/mol. The SMILES string of the molecule is O=C([O-])[O-].[CH2-]C.[Ru+3]. The van der Waals surface area contributed by atoms with Gasteiger partial charge in [-0.15, -0.1) is 0 Å². The first-order chi connectivity index (χ1) is 2.73. The first-order valence-corrected chi connectivity index (χ1v) is 1.32. The van der Waals surface area contributed by atoms with E-state index in [0.29, 0.717) is 0 Å². The van der Waals surface area contributed by atoms with Crippen molar-refractivity contribution in [2.75, 3.05) is 0 Å². The molecule has 43 valence electrons. The largest absolute Gasteiger partial charge is 3.00 e. The van der Waals surface area contributed by atoms with E-state index in [9.17, 15) is 0 Å². The van der Waals surface area contributed by atoms with E-state index in [1.54, 1.807) is 6.92 Å². The monoisotopic (exact) mass is 191 g/mol. The Morgan fingerprint density at radius 2 is 1.43 bits per heavy atom. The first kappa shape index (κ1) is 15.8. The van der Waals surface area contributed by atoms with Crippen LogP contribution < -0.4 is 10.2 Å². The number of rotatable bonds is 0. The van der Waals surface area contributed by atoms with Gasteiger partial charge in [0.05, 0.1) is 0 Å². The maximum absolute atomic E-state index is 8.33. The van der Waals surface area contributed by atoms with Gasteiger partial charge >= 0.3 is 19.5 Å². The van der Waals surface area contributed by atoms with Crippen molar-refractivity contribution in [3.05, 3.63) is 6.92 Å². The van der Waals surface area contributed by atoms with E-state index < -0.39 is 6.16 Å². The van der Waals surface area contributed by atoms with Crippen LogP contribution in [0.2, 0.25) is 0 Å². The van der Waals surface area contributed by atoms with Gasteiger partial charge < -0.3 is 21.9 Å². The minimum atomic E-state index is -2.33. The quantitative estimate of drug-likeness (QED) is 0.341. The van der Waals surface area contributed by atoms with Crippen LogP contribution in [0.5, 0.6) is 0 Å². The Kier molecular flexibility index (Phi) is 38.0. The van der Waals surface area contributed by atoms with E-state index >= 15 is 0 Å². The molecule has 0 aromatic rings. The normalized spacial score (nSPS) is 4.29. The van der Waals surface area contributed by atoms with Gasteiger partial charge in [-0.05, 0) is 6.16 Å². The summed E-state index contributed by atoms with van der Waals surface area (Å²) >= 11 is 0. The maximum atomic E-state index is 8.33. The molecule has 0 unspecified atom stereocenters. The molecule has 1 radical (unpaired) electrons. The molecule has 0 amide bonds. The molecule has 0 N–H and O–H groups in total. The smallest absolute Gasteiger partial charge is 0.652 e. The van der Waals surface area contributed by atoms with Gasteiger partial charge in [-0.2, -0.15) is 6.92 Å². The van der Waals surface area contributed by atoms with E-state index in [4.69, 9.17) is 15.0 Å². The molecule has 0 spiro atoms. The summed E-state index contributed by atoms with van der Waals surface area (Å²) in [6, 6.07) is 0. The Balaban J connectivity index is -0.0000000480. The van der Waals surface area contributed by atoms with Crippen molar-refractivity contribution >= 4 is 6.16 Å². The predicted molar refractivity (Wildman–Crippen MR) is 16.4 cm³/mol. The summed E-state index contributed by atoms with van der Waals surface area (Å²) < 4.78 is 0. The van der Waals surface area contributed by atoms with Gasteiger partial charge in [-0.3, -0.25) is 0 Å². The number of hydrogen-bond donors (Lipinski definition) is 0. The molecule has 0 aromatic heterocycles. The zero-order valence-electron chi connectivity index (χ0n) is 3.79. The van der Waals surface area contributed by atoms with Crippen molar-refractivity contribution in [3.63, 3.8) is 0 Å². The van der Waals surface area contributed by atoms with Crippen LogP contribution in [0.4, 0.5) is 4.79 Å². The third-order valence-corrected chi connectivity index (χ3v) is 0. The van der Waals surface area contributed by atoms with E-state index in [0.717, 1.165) is 0 Å². The third-order valence-electron chi connectivity index (χ3n) is 0. The van der Waals surface area contributed by atoms with Crippen LogP contribution >= 0.6 is 0 Å².